The highest BCUT2D eigenvalue weighted by molar-refractivity contribution is 9.10. The first-order valence-electron chi connectivity index (χ1n) is 6.28. The van der Waals surface area contributed by atoms with Crippen LogP contribution in [0, 0.1) is 13.8 Å². The van der Waals surface area contributed by atoms with Gasteiger partial charge in [0, 0.05) is 15.9 Å². The lowest BCUT2D eigenvalue weighted by Gasteiger charge is -2.22. The number of hydrogen-bond acceptors (Lipinski definition) is 1. The molecule has 2 nitrogen and oxygen atoms in total. The molecule has 0 amide bonds. The van der Waals surface area contributed by atoms with Crippen LogP contribution >= 0.6 is 15.9 Å². The molecular formula is C15H19BrN2. The first-order chi connectivity index (χ1) is 8.61. The molecule has 1 aromatic heterocycles. The summed E-state index contributed by atoms with van der Waals surface area (Å²) in [6.07, 6.45) is 1.05. The second kappa shape index (κ2) is 5.61. The predicted octanol–water partition coefficient (Wildman–Crippen LogP) is 4.56. The number of hydrogen-bond donors (Lipinski definition) is 1. The molecule has 96 valence electrons. The summed E-state index contributed by atoms with van der Waals surface area (Å²) in [4.78, 5) is 0. The zero-order valence-electron chi connectivity index (χ0n) is 11.1. The molecule has 0 aliphatic rings. The van der Waals surface area contributed by atoms with Gasteiger partial charge in [-0.25, -0.2) is 0 Å². The van der Waals surface area contributed by atoms with Crippen molar-refractivity contribution in [2.24, 2.45) is 0 Å². The lowest BCUT2D eigenvalue weighted by Crippen LogP contribution is -2.22. The summed E-state index contributed by atoms with van der Waals surface area (Å²) in [6, 6.07) is 13.1. The molecule has 0 radical (unpaired) electrons. The van der Waals surface area contributed by atoms with Gasteiger partial charge in [0.25, 0.3) is 0 Å². The van der Waals surface area contributed by atoms with E-state index in [-0.39, 0.29) is 0 Å². The lowest BCUT2D eigenvalue weighted by atomic mass is 10.1. The molecule has 0 bridgehead atoms. The third-order valence-electron chi connectivity index (χ3n) is 3.22. The van der Waals surface area contributed by atoms with Gasteiger partial charge in [-0.1, -0.05) is 35.0 Å². The average Bonchev–Trinajstić information content (AvgIpc) is 2.66. The zero-order chi connectivity index (χ0) is 13.1. The van der Waals surface area contributed by atoms with Crippen LogP contribution in [0.1, 0.15) is 36.3 Å². The predicted molar refractivity (Wildman–Crippen MR) is 80.4 cm³/mol. The largest absolute Gasteiger partial charge is 0.318 e. The molecule has 1 atom stereocenters. The van der Waals surface area contributed by atoms with E-state index in [1.165, 1.54) is 17.0 Å². The smallest absolute Gasteiger partial charge is 0.0671 e. The molecule has 1 aromatic carbocycles. The van der Waals surface area contributed by atoms with Gasteiger partial charge in [-0.15, -0.1) is 0 Å². The van der Waals surface area contributed by atoms with E-state index in [9.17, 15) is 0 Å². The van der Waals surface area contributed by atoms with Crippen molar-refractivity contribution in [3.8, 4) is 0 Å². The topological polar surface area (TPSA) is 17.0 Å². The molecule has 0 saturated heterocycles. The Morgan fingerprint density at radius 2 is 1.83 bits per heavy atom. The minimum Gasteiger partial charge on any atom is -0.318 e. The van der Waals surface area contributed by atoms with Crippen LogP contribution in [-0.2, 0) is 0 Å². The molecule has 0 aliphatic heterocycles. The van der Waals surface area contributed by atoms with Crippen LogP contribution in [0.2, 0.25) is 0 Å². The molecule has 1 heterocycles. The Morgan fingerprint density at radius 1 is 1.17 bits per heavy atom. The SMILES string of the molecule is CCC(Nn1c(C)ccc1C)c1cccc(Br)c1. The number of aryl methyl sites for hydroxylation is 2. The van der Waals surface area contributed by atoms with Crippen LogP contribution in [0.25, 0.3) is 0 Å². The fourth-order valence-electron chi connectivity index (χ4n) is 2.15. The van der Waals surface area contributed by atoms with Gasteiger partial charge in [-0.3, -0.25) is 4.68 Å². The van der Waals surface area contributed by atoms with E-state index >= 15 is 0 Å². The summed E-state index contributed by atoms with van der Waals surface area (Å²) in [5.74, 6) is 0. The van der Waals surface area contributed by atoms with Crippen LogP contribution < -0.4 is 5.43 Å². The third-order valence-corrected chi connectivity index (χ3v) is 3.71. The molecule has 0 saturated carbocycles. The van der Waals surface area contributed by atoms with E-state index in [0.29, 0.717) is 6.04 Å². The Morgan fingerprint density at radius 3 is 2.39 bits per heavy atom. The summed E-state index contributed by atoms with van der Waals surface area (Å²) >= 11 is 3.53. The highest BCUT2D eigenvalue weighted by atomic mass is 79.9. The van der Waals surface area contributed by atoms with Gasteiger partial charge in [0.2, 0.25) is 0 Å². The van der Waals surface area contributed by atoms with Crippen LogP contribution in [-0.4, -0.2) is 4.68 Å². The van der Waals surface area contributed by atoms with Crippen LogP contribution in [0.4, 0.5) is 0 Å². The summed E-state index contributed by atoms with van der Waals surface area (Å²) in [6.45, 7) is 6.44. The number of benzene rings is 1. The van der Waals surface area contributed by atoms with Crippen molar-refractivity contribution in [1.82, 2.24) is 4.68 Å². The molecule has 1 N–H and O–H groups in total. The van der Waals surface area contributed by atoms with Gasteiger partial charge in [0.05, 0.1) is 6.04 Å². The molecule has 1 unspecified atom stereocenters. The molecule has 0 fully saturated rings. The van der Waals surface area contributed by atoms with Gasteiger partial charge in [-0.2, -0.15) is 0 Å². The fourth-order valence-corrected chi connectivity index (χ4v) is 2.57. The summed E-state index contributed by atoms with van der Waals surface area (Å²) in [5, 5.41) is 0. The Balaban J connectivity index is 2.25. The summed E-state index contributed by atoms with van der Waals surface area (Å²) in [5.41, 5.74) is 7.36. The van der Waals surface area contributed by atoms with E-state index in [4.69, 9.17) is 0 Å². The second-order valence-electron chi connectivity index (χ2n) is 4.60. The molecule has 2 aromatic rings. The highest BCUT2D eigenvalue weighted by Crippen LogP contribution is 2.22. The number of nitrogens with one attached hydrogen (secondary N) is 1. The molecule has 18 heavy (non-hydrogen) atoms. The molecular weight excluding hydrogens is 288 g/mol. The van der Waals surface area contributed by atoms with Gasteiger partial charge in [0.1, 0.15) is 0 Å². The van der Waals surface area contributed by atoms with Gasteiger partial charge in [0.15, 0.2) is 0 Å². The highest BCUT2D eigenvalue weighted by Gasteiger charge is 2.11. The van der Waals surface area contributed by atoms with Crippen molar-refractivity contribution in [3.63, 3.8) is 0 Å². The van der Waals surface area contributed by atoms with E-state index in [1.807, 2.05) is 0 Å². The van der Waals surface area contributed by atoms with E-state index in [2.05, 4.69) is 83.2 Å². The van der Waals surface area contributed by atoms with Crippen LogP contribution in [0.15, 0.2) is 40.9 Å². The normalized spacial score (nSPS) is 12.4. The maximum atomic E-state index is 3.58. The average molecular weight is 307 g/mol. The Bertz CT molecular complexity index is 512. The van der Waals surface area contributed by atoms with Crippen LogP contribution in [0.5, 0.6) is 0 Å². The molecule has 3 heteroatoms. The quantitative estimate of drug-likeness (QED) is 0.876. The number of nitrogens with zero attached hydrogens (tertiary/aromatic N) is 1. The minimum absolute atomic E-state index is 0.326. The molecule has 0 spiro atoms. The monoisotopic (exact) mass is 306 g/mol. The van der Waals surface area contributed by atoms with Crippen molar-refractivity contribution in [2.75, 3.05) is 5.43 Å². The van der Waals surface area contributed by atoms with Crippen molar-refractivity contribution < 1.29 is 0 Å². The van der Waals surface area contributed by atoms with Gasteiger partial charge in [-0.05, 0) is 50.1 Å². The van der Waals surface area contributed by atoms with E-state index in [0.717, 1.165) is 10.9 Å². The first kappa shape index (κ1) is 13.2. The van der Waals surface area contributed by atoms with Gasteiger partial charge < -0.3 is 5.43 Å². The summed E-state index contributed by atoms with van der Waals surface area (Å²) < 4.78 is 3.29. The van der Waals surface area contributed by atoms with Crippen molar-refractivity contribution in [1.29, 1.82) is 0 Å². The van der Waals surface area contributed by atoms with E-state index < -0.39 is 0 Å². The Hall–Kier alpha value is -1.22. The first-order valence-corrected chi connectivity index (χ1v) is 7.08. The van der Waals surface area contributed by atoms with Crippen molar-refractivity contribution >= 4 is 15.9 Å². The fraction of sp³-hybridized carbons (Fsp3) is 0.333. The minimum atomic E-state index is 0.326. The number of aromatic nitrogens is 1. The maximum absolute atomic E-state index is 3.58. The van der Waals surface area contributed by atoms with Crippen molar-refractivity contribution in [2.45, 2.75) is 33.2 Å². The molecule has 0 aliphatic carbocycles. The molecule has 2 rings (SSSR count). The standard InChI is InChI=1S/C15H19BrN2/c1-4-15(13-6-5-7-14(16)10-13)17-18-11(2)8-9-12(18)3/h5-10,15,17H,4H2,1-3H3. The third kappa shape index (κ3) is 2.78. The maximum Gasteiger partial charge on any atom is 0.0671 e. The lowest BCUT2D eigenvalue weighted by molar-refractivity contribution is 0.636. The van der Waals surface area contributed by atoms with Gasteiger partial charge >= 0.3 is 0 Å². The Kier molecular flexibility index (Phi) is 4.12. The van der Waals surface area contributed by atoms with Crippen LogP contribution in [0.3, 0.4) is 0 Å². The van der Waals surface area contributed by atoms with E-state index in [1.54, 1.807) is 0 Å². The number of halogens is 1. The zero-order valence-corrected chi connectivity index (χ0v) is 12.7. The Labute approximate surface area is 117 Å². The second-order valence-corrected chi connectivity index (χ2v) is 5.51. The van der Waals surface area contributed by atoms with Crippen molar-refractivity contribution in [3.05, 3.63) is 57.8 Å². The number of rotatable bonds is 4. The summed E-state index contributed by atoms with van der Waals surface area (Å²) in [7, 11) is 0.